The molecule has 0 saturated heterocycles. The minimum Gasteiger partial charge on any atom is -0.352 e. The first-order valence-corrected chi connectivity index (χ1v) is 10.5. The molecule has 0 aliphatic heterocycles. The van der Waals surface area contributed by atoms with Crippen LogP contribution in [-0.4, -0.2) is 30.1 Å². The third kappa shape index (κ3) is 2.91. The van der Waals surface area contributed by atoms with Gasteiger partial charge < -0.3 is 4.98 Å². The van der Waals surface area contributed by atoms with Crippen LogP contribution in [0.25, 0.3) is 54.9 Å². The molecule has 0 atom stereocenters. The third-order valence-corrected chi connectivity index (χ3v) is 6.32. The third-order valence-electron chi connectivity index (χ3n) is 5.41. The molecule has 0 saturated carbocycles. The predicted molar refractivity (Wildman–Crippen MR) is 120 cm³/mol. The Morgan fingerprint density at radius 1 is 0.935 bits per heavy atom. The first-order chi connectivity index (χ1) is 15.2. The average molecular weight is 426 g/mol. The van der Waals surface area contributed by atoms with Gasteiger partial charge in [-0.1, -0.05) is 0 Å². The van der Waals surface area contributed by atoms with Crippen molar-refractivity contribution in [1.82, 2.24) is 30.1 Å². The van der Waals surface area contributed by atoms with Crippen LogP contribution in [0.4, 0.5) is 4.39 Å². The molecule has 150 valence electrons. The highest BCUT2D eigenvalue weighted by Crippen LogP contribution is 2.36. The van der Waals surface area contributed by atoms with E-state index in [9.17, 15) is 4.39 Å². The normalized spacial score (nSPS) is 11.5. The molecule has 2 N–H and O–H groups in total. The van der Waals surface area contributed by atoms with E-state index in [2.05, 4.69) is 43.1 Å². The van der Waals surface area contributed by atoms with Crippen LogP contribution < -0.4 is 0 Å². The van der Waals surface area contributed by atoms with Crippen molar-refractivity contribution in [3.05, 3.63) is 72.0 Å². The number of fused-ring (bicyclic) bond motifs is 2. The summed E-state index contributed by atoms with van der Waals surface area (Å²) < 4.78 is 13.6. The van der Waals surface area contributed by atoms with Crippen LogP contribution >= 0.6 is 11.3 Å². The Labute approximate surface area is 179 Å². The van der Waals surface area contributed by atoms with Crippen molar-refractivity contribution in [3.63, 3.8) is 0 Å². The molecular formula is C23H15FN6S. The van der Waals surface area contributed by atoms with E-state index in [1.54, 1.807) is 24.7 Å². The number of thiophene rings is 1. The molecule has 0 radical (unpaired) electrons. The number of aryl methyl sites for hydroxylation is 1. The first kappa shape index (κ1) is 17.9. The Balaban J connectivity index is 1.52. The second kappa shape index (κ2) is 6.82. The van der Waals surface area contributed by atoms with Gasteiger partial charge in [-0.15, -0.1) is 11.3 Å². The molecule has 0 fully saturated rings. The van der Waals surface area contributed by atoms with Crippen molar-refractivity contribution in [2.75, 3.05) is 0 Å². The summed E-state index contributed by atoms with van der Waals surface area (Å²) in [4.78, 5) is 17.4. The van der Waals surface area contributed by atoms with Crippen molar-refractivity contribution < 1.29 is 4.39 Å². The van der Waals surface area contributed by atoms with E-state index < -0.39 is 0 Å². The highest BCUT2D eigenvalue weighted by molar-refractivity contribution is 7.14. The summed E-state index contributed by atoms with van der Waals surface area (Å²) in [5.74, 6) is 0. The number of aromatic nitrogens is 6. The maximum absolute atomic E-state index is 13.6. The molecule has 0 unspecified atom stereocenters. The van der Waals surface area contributed by atoms with Crippen LogP contribution in [0.2, 0.25) is 0 Å². The van der Waals surface area contributed by atoms with E-state index in [0.29, 0.717) is 5.65 Å². The van der Waals surface area contributed by atoms with Crippen molar-refractivity contribution in [1.29, 1.82) is 0 Å². The molecule has 6 heterocycles. The first-order valence-electron chi connectivity index (χ1n) is 9.65. The molecule has 8 heteroatoms. The van der Waals surface area contributed by atoms with Crippen molar-refractivity contribution in [2.24, 2.45) is 0 Å². The number of nitrogens with one attached hydrogen (secondary N) is 2. The van der Waals surface area contributed by atoms with Gasteiger partial charge in [0.2, 0.25) is 0 Å². The second-order valence-corrected chi connectivity index (χ2v) is 8.35. The zero-order chi connectivity index (χ0) is 20.9. The number of aromatic amines is 2. The summed E-state index contributed by atoms with van der Waals surface area (Å²) in [7, 11) is 0. The quantitative estimate of drug-likeness (QED) is 0.378. The number of hydrogen-bond acceptors (Lipinski definition) is 5. The molecule has 0 aliphatic rings. The number of nitrogens with zero attached hydrogens (tertiary/aromatic N) is 4. The highest BCUT2D eigenvalue weighted by atomic mass is 32.1. The lowest BCUT2D eigenvalue weighted by Crippen LogP contribution is -1.87. The zero-order valence-electron chi connectivity index (χ0n) is 16.3. The average Bonchev–Trinajstić information content (AvgIpc) is 3.50. The Bertz CT molecular complexity index is 1580. The molecule has 6 aromatic heterocycles. The molecule has 0 amide bonds. The van der Waals surface area contributed by atoms with E-state index >= 15 is 0 Å². The summed E-state index contributed by atoms with van der Waals surface area (Å²) in [6.45, 7) is 2.05. The molecule has 0 bridgehead atoms. The monoisotopic (exact) mass is 426 g/mol. The Kier molecular flexibility index (Phi) is 3.94. The van der Waals surface area contributed by atoms with Crippen LogP contribution in [-0.2, 0) is 0 Å². The maximum Gasteiger partial charge on any atom is 0.181 e. The van der Waals surface area contributed by atoms with Gasteiger partial charge in [0.15, 0.2) is 10.8 Å². The van der Waals surface area contributed by atoms with Gasteiger partial charge >= 0.3 is 0 Å². The number of pyridine rings is 3. The van der Waals surface area contributed by atoms with E-state index in [0.717, 1.165) is 66.1 Å². The number of H-pyrrole nitrogens is 2. The van der Waals surface area contributed by atoms with Gasteiger partial charge in [0.1, 0.15) is 0 Å². The molecular weight excluding hydrogens is 411 g/mol. The Morgan fingerprint density at radius 2 is 1.84 bits per heavy atom. The fraction of sp³-hybridized carbons (Fsp3) is 0.0435. The van der Waals surface area contributed by atoms with Gasteiger partial charge in [0, 0.05) is 57.1 Å². The van der Waals surface area contributed by atoms with Gasteiger partial charge in [0.05, 0.1) is 23.1 Å². The van der Waals surface area contributed by atoms with Gasteiger partial charge in [0.25, 0.3) is 0 Å². The summed E-state index contributed by atoms with van der Waals surface area (Å²) in [6.07, 6.45) is 8.98. The fourth-order valence-corrected chi connectivity index (χ4v) is 4.61. The molecule has 6 rings (SSSR count). The van der Waals surface area contributed by atoms with Crippen LogP contribution in [0.1, 0.15) is 5.56 Å². The highest BCUT2D eigenvalue weighted by Gasteiger charge is 2.16. The lowest BCUT2D eigenvalue weighted by Gasteiger charge is -2.04. The Morgan fingerprint density at radius 3 is 2.68 bits per heavy atom. The topological polar surface area (TPSA) is 83.1 Å². The van der Waals surface area contributed by atoms with Crippen molar-refractivity contribution in [2.45, 2.75) is 6.92 Å². The summed E-state index contributed by atoms with van der Waals surface area (Å²) in [5, 5.41) is 9.15. The second-order valence-electron chi connectivity index (χ2n) is 7.32. The Hall–Kier alpha value is -3.91. The summed E-state index contributed by atoms with van der Waals surface area (Å²) in [6, 6.07) is 9.35. The summed E-state index contributed by atoms with van der Waals surface area (Å²) in [5.41, 5.74) is 7.25. The van der Waals surface area contributed by atoms with Crippen LogP contribution in [0, 0.1) is 12.1 Å². The van der Waals surface area contributed by atoms with Crippen LogP contribution in [0.15, 0.2) is 61.3 Å². The number of rotatable bonds is 3. The van der Waals surface area contributed by atoms with E-state index in [4.69, 9.17) is 0 Å². The molecule has 0 aromatic carbocycles. The standard InChI is InChI=1S/C23H15FN6S/c1-12-4-5-25-9-16(12)13-6-15-22(29-30-23(15)27-8-13)18-7-14-17(10-26-11-19(14)28-18)20-2-3-21(24)31-20/h2-11,28H,1H3,(H,27,29,30). The van der Waals surface area contributed by atoms with Crippen molar-refractivity contribution in [3.8, 4) is 33.0 Å². The number of hydrogen-bond donors (Lipinski definition) is 2. The maximum atomic E-state index is 13.6. The van der Waals surface area contributed by atoms with Gasteiger partial charge in [-0.2, -0.15) is 9.49 Å². The van der Waals surface area contributed by atoms with Crippen LogP contribution in [0.3, 0.4) is 0 Å². The van der Waals surface area contributed by atoms with Crippen LogP contribution in [0.5, 0.6) is 0 Å². The van der Waals surface area contributed by atoms with Gasteiger partial charge in [-0.25, -0.2) is 4.98 Å². The molecule has 0 aliphatic carbocycles. The molecule has 6 nitrogen and oxygen atoms in total. The van der Waals surface area contributed by atoms with E-state index in [1.807, 2.05) is 24.5 Å². The fourth-order valence-electron chi connectivity index (χ4n) is 3.86. The molecule has 6 aromatic rings. The van der Waals surface area contributed by atoms with Gasteiger partial charge in [-0.05, 0) is 42.8 Å². The lowest BCUT2D eigenvalue weighted by atomic mass is 10.0. The van der Waals surface area contributed by atoms with Gasteiger partial charge in [-0.3, -0.25) is 15.1 Å². The predicted octanol–water partition coefficient (Wildman–Crippen LogP) is 5.74. The van der Waals surface area contributed by atoms with E-state index in [1.165, 1.54) is 6.07 Å². The van der Waals surface area contributed by atoms with E-state index in [-0.39, 0.29) is 5.13 Å². The smallest absolute Gasteiger partial charge is 0.181 e. The largest absolute Gasteiger partial charge is 0.352 e. The summed E-state index contributed by atoms with van der Waals surface area (Å²) >= 11 is 1.11. The SMILES string of the molecule is Cc1ccncc1-c1cnc2n[nH]c(-c3cc4c(-c5ccc(F)s5)cncc4[nH]3)c2c1. The van der Waals surface area contributed by atoms with Crippen molar-refractivity contribution >= 4 is 33.3 Å². The number of halogens is 1. The molecule has 0 spiro atoms. The minimum atomic E-state index is -0.216. The minimum absolute atomic E-state index is 0.216. The molecule has 31 heavy (non-hydrogen) atoms. The zero-order valence-corrected chi connectivity index (χ0v) is 17.2. The lowest BCUT2D eigenvalue weighted by molar-refractivity contribution is 0.657.